The van der Waals surface area contributed by atoms with Crippen LogP contribution in [0.4, 0.5) is 5.69 Å². The van der Waals surface area contributed by atoms with E-state index < -0.39 is 0 Å². The molecular weight excluding hydrogens is 246 g/mol. The van der Waals surface area contributed by atoms with Crippen LogP contribution in [0.1, 0.15) is 12.0 Å². The lowest BCUT2D eigenvalue weighted by molar-refractivity contribution is 0.266. The summed E-state index contributed by atoms with van der Waals surface area (Å²) < 4.78 is 0. The maximum absolute atomic E-state index is 6.19. The summed E-state index contributed by atoms with van der Waals surface area (Å²) >= 11 is 6.19. The fourth-order valence-electron chi connectivity index (χ4n) is 2.65. The standard InChI is InChI=1S/C14H22ClN3/c1-11-13(15)4-3-5-14(11)18-8-6-12(10-18)17(2)9-7-16/h3-5,12H,6-10,16H2,1-2H3. The van der Waals surface area contributed by atoms with Gasteiger partial charge >= 0.3 is 0 Å². The number of nitrogens with zero attached hydrogens (tertiary/aromatic N) is 2. The number of halogens is 1. The Balaban J connectivity index is 2.06. The Morgan fingerprint density at radius 2 is 2.28 bits per heavy atom. The molecule has 4 heteroatoms. The van der Waals surface area contributed by atoms with Gasteiger partial charge in [-0.05, 0) is 38.1 Å². The van der Waals surface area contributed by atoms with Crippen LogP contribution < -0.4 is 10.6 Å². The lowest BCUT2D eigenvalue weighted by Gasteiger charge is -2.25. The molecule has 0 spiro atoms. The topological polar surface area (TPSA) is 32.5 Å². The molecular formula is C14H22ClN3. The molecule has 1 heterocycles. The van der Waals surface area contributed by atoms with E-state index in [9.17, 15) is 0 Å². The SMILES string of the molecule is Cc1c(Cl)cccc1N1CCC(N(C)CCN)C1. The van der Waals surface area contributed by atoms with E-state index in [-0.39, 0.29) is 0 Å². The van der Waals surface area contributed by atoms with Gasteiger partial charge in [-0.15, -0.1) is 0 Å². The molecule has 0 amide bonds. The van der Waals surface area contributed by atoms with Crippen molar-refractivity contribution in [2.75, 3.05) is 38.1 Å². The molecule has 0 radical (unpaired) electrons. The Kier molecular flexibility index (Phi) is 4.49. The van der Waals surface area contributed by atoms with Gasteiger partial charge in [-0.2, -0.15) is 0 Å². The fourth-order valence-corrected chi connectivity index (χ4v) is 2.81. The second-order valence-electron chi connectivity index (χ2n) is 5.04. The first-order valence-electron chi connectivity index (χ1n) is 6.54. The second-order valence-corrected chi connectivity index (χ2v) is 5.45. The largest absolute Gasteiger partial charge is 0.370 e. The van der Waals surface area contributed by atoms with Crippen LogP contribution in [0.5, 0.6) is 0 Å². The molecule has 100 valence electrons. The maximum atomic E-state index is 6.19. The van der Waals surface area contributed by atoms with E-state index in [1.54, 1.807) is 0 Å². The van der Waals surface area contributed by atoms with E-state index >= 15 is 0 Å². The molecule has 2 rings (SSSR count). The quantitative estimate of drug-likeness (QED) is 0.907. The molecule has 1 saturated heterocycles. The summed E-state index contributed by atoms with van der Waals surface area (Å²) in [5.41, 5.74) is 8.07. The average molecular weight is 268 g/mol. The van der Waals surface area contributed by atoms with Gasteiger partial charge in [0.2, 0.25) is 0 Å². The van der Waals surface area contributed by atoms with Crippen LogP contribution in [0.15, 0.2) is 18.2 Å². The highest BCUT2D eigenvalue weighted by Crippen LogP contribution is 2.29. The van der Waals surface area contributed by atoms with Crippen molar-refractivity contribution >= 4 is 17.3 Å². The minimum Gasteiger partial charge on any atom is -0.370 e. The van der Waals surface area contributed by atoms with Crippen LogP contribution in [-0.4, -0.2) is 44.2 Å². The van der Waals surface area contributed by atoms with Gasteiger partial charge in [0.25, 0.3) is 0 Å². The number of likely N-dealkylation sites (N-methyl/N-ethyl adjacent to an activating group) is 1. The molecule has 0 aromatic heterocycles. The van der Waals surface area contributed by atoms with Gasteiger partial charge in [-0.3, -0.25) is 0 Å². The van der Waals surface area contributed by atoms with Gasteiger partial charge in [0.05, 0.1) is 0 Å². The van der Waals surface area contributed by atoms with Crippen molar-refractivity contribution in [1.29, 1.82) is 0 Å². The zero-order chi connectivity index (χ0) is 13.1. The third-order valence-corrected chi connectivity index (χ3v) is 4.26. The van der Waals surface area contributed by atoms with Crippen molar-refractivity contribution in [3.8, 4) is 0 Å². The molecule has 1 fully saturated rings. The normalized spacial score (nSPS) is 19.8. The summed E-state index contributed by atoms with van der Waals surface area (Å²) in [7, 11) is 2.16. The summed E-state index contributed by atoms with van der Waals surface area (Å²) in [5, 5.41) is 0.853. The van der Waals surface area contributed by atoms with Gasteiger partial charge < -0.3 is 15.5 Å². The Morgan fingerprint density at radius 1 is 1.50 bits per heavy atom. The smallest absolute Gasteiger partial charge is 0.0455 e. The molecule has 1 aromatic carbocycles. The number of hydrogen-bond acceptors (Lipinski definition) is 3. The Labute approximate surface area is 115 Å². The third kappa shape index (κ3) is 2.79. The van der Waals surface area contributed by atoms with Gasteiger partial charge in [-0.1, -0.05) is 17.7 Å². The molecule has 2 N–H and O–H groups in total. The zero-order valence-electron chi connectivity index (χ0n) is 11.2. The van der Waals surface area contributed by atoms with Crippen LogP contribution in [0.3, 0.4) is 0 Å². The Bertz CT molecular complexity index is 408. The maximum Gasteiger partial charge on any atom is 0.0455 e. The summed E-state index contributed by atoms with van der Waals surface area (Å²) in [6.45, 7) is 5.95. The summed E-state index contributed by atoms with van der Waals surface area (Å²) in [4.78, 5) is 4.79. The van der Waals surface area contributed by atoms with E-state index in [0.29, 0.717) is 6.04 Å². The number of hydrogen-bond donors (Lipinski definition) is 1. The van der Waals surface area contributed by atoms with E-state index in [2.05, 4.69) is 29.8 Å². The first-order valence-corrected chi connectivity index (χ1v) is 6.91. The van der Waals surface area contributed by atoms with Crippen molar-refractivity contribution in [3.63, 3.8) is 0 Å². The van der Waals surface area contributed by atoms with Crippen molar-refractivity contribution in [3.05, 3.63) is 28.8 Å². The molecule has 3 nitrogen and oxygen atoms in total. The zero-order valence-corrected chi connectivity index (χ0v) is 12.0. The molecule has 1 unspecified atom stereocenters. The molecule has 0 saturated carbocycles. The van der Waals surface area contributed by atoms with Gasteiger partial charge in [0.1, 0.15) is 0 Å². The van der Waals surface area contributed by atoms with E-state index in [1.807, 2.05) is 12.1 Å². The molecule has 0 bridgehead atoms. The van der Waals surface area contributed by atoms with Crippen LogP contribution in [0, 0.1) is 6.92 Å². The van der Waals surface area contributed by atoms with Crippen LogP contribution in [-0.2, 0) is 0 Å². The third-order valence-electron chi connectivity index (χ3n) is 3.85. The monoisotopic (exact) mass is 267 g/mol. The Morgan fingerprint density at radius 3 is 3.00 bits per heavy atom. The van der Waals surface area contributed by atoms with E-state index in [0.717, 1.165) is 31.2 Å². The first kappa shape index (κ1) is 13.7. The van der Waals surface area contributed by atoms with Gasteiger partial charge in [-0.25, -0.2) is 0 Å². The number of anilines is 1. The molecule has 0 aliphatic carbocycles. The predicted octanol–water partition coefficient (Wildman–Crippen LogP) is 2.12. The van der Waals surface area contributed by atoms with Crippen molar-refractivity contribution in [2.24, 2.45) is 5.73 Å². The van der Waals surface area contributed by atoms with Crippen molar-refractivity contribution in [2.45, 2.75) is 19.4 Å². The van der Waals surface area contributed by atoms with E-state index in [1.165, 1.54) is 17.7 Å². The highest BCUT2D eigenvalue weighted by atomic mass is 35.5. The molecule has 1 aliphatic rings. The minimum absolute atomic E-state index is 0.604. The molecule has 1 atom stereocenters. The van der Waals surface area contributed by atoms with Crippen molar-refractivity contribution < 1.29 is 0 Å². The lowest BCUT2D eigenvalue weighted by Crippen LogP contribution is -2.37. The van der Waals surface area contributed by atoms with Crippen LogP contribution in [0.2, 0.25) is 5.02 Å². The van der Waals surface area contributed by atoms with Gasteiger partial charge in [0.15, 0.2) is 0 Å². The van der Waals surface area contributed by atoms with Crippen LogP contribution in [0.25, 0.3) is 0 Å². The molecule has 1 aromatic rings. The predicted molar refractivity (Wildman–Crippen MR) is 78.5 cm³/mol. The van der Waals surface area contributed by atoms with Crippen molar-refractivity contribution in [1.82, 2.24) is 4.90 Å². The number of nitrogens with two attached hydrogens (primary N) is 1. The number of rotatable bonds is 4. The summed E-state index contributed by atoms with van der Waals surface area (Å²) in [6, 6.07) is 6.75. The van der Waals surface area contributed by atoms with E-state index in [4.69, 9.17) is 17.3 Å². The first-order chi connectivity index (χ1) is 8.63. The lowest BCUT2D eigenvalue weighted by atomic mass is 10.2. The van der Waals surface area contributed by atoms with Crippen LogP contribution >= 0.6 is 11.6 Å². The summed E-state index contributed by atoms with van der Waals surface area (Å²) in [6.07, 6.45) is 1.20. The summed E-state index contributed by atoms with van der Waals surface area (Å²) in [5.74, 6) is 0. The van der Waals surface area contributed by atoms with Gasteiger partial charge in [0, 0.05) is 42.9 Å². The fraction of sp³-hybridized carbons (Fsp3) is 0.571. The Hall–Kier alpha value is -0.770. The second kappa shape index (κ2) is 5.91. The molecule has 1 aliphatic heterocycles. The molecule has 18 heavy (non-hydrogen) atoms. The minimum atomic E-state index is 0.604. The highest BCUT2D eigenvalue weighted by molar-refractivity contribution is 6.31. The average Bonchev–Trinajstić information content (AvgIpc) is 2.82. The number of benzene rings is 1. The highest BCUT2D eigenvalue weighted by Gasteiger charge is 2.26.